The number of nitrogen functional groups attached to an aromatic ring is 1. The minimum absolute atomic E-state index is 0.170. The molecule has 0 aliphatic carbocycles. The molecule has 1 aromatic heterocycles. The van der Waals surface area contributed by atoms with Crippen LogP contribution in [0.2, 0.25) is 0 Å². The summed E-state index contributed by atoms with van der Waals surface area (Å²) in [5, 5.41) is 17.3. The number of nitrogens with zero attached hydrogens (tertiary/aromatic N) is 2. The van der Waals surface area contributed by atoms with E-state index < -0.39 is 5.60 Å². The number of aliphatic hydroxyl groups is 1. The van der Waals surface area contributed by atoms with Crippen molar-refractivity contribution in [1.82, 2.24) is 15.1 Å². The molecule has 1 fully saturated rings. The van der Waals surface area contributed by atoms with Gasteiger partial charge in [-0.1, -0.05) is 13.8 Å². The summed E-state index contributed by atoms with van der Waals surface area (Å²) in [6, 6.07) is 0. The molecule has 21 heavy (non-hydrogen) atoms. The first kappa shape index (κ1) is 15.8. The Morgan fingerprint density at radius 2 is 2.14 bits per heavy atom. The van der Waals surface area contributed by atoms with E-state index in [4.69, 9.17) is 10.5 Å². The van der Waals surface area contributed by atoms with Crippen LogP contribution >= 0.6 is 0 Å². The summed E-state index contributed by atoms with van der Waals surface area (Å²) in [6.07, 6.45) is 1.05. The Hall–Kier alpha value is -1.60. The summed E-state index contributed by atoms with van der Waals surface area (Å²) < 4.78 is 5.24. The predicted molar refractivity (Wildman–Crippen MR) is 79.1 cm³/mol. The molecule has 0 atom stereocenters. The third kappa shape index (κ3) is 3.36. The Morgan fingerprint density at radius 3 is 2.67 bits per heavy atom. The molecular weight excluding hydrogens is 272 g/mol. The second-order valence-electron chi connectivity index (χ2n) is 6.05. The Bertz CT molecular complexity index is 506. The lowest BCUT2D eigenvalue weighted by Crippen LogP contribution is -2.47. The van der Waals surface area contributed by atoms with Crippen LogP contribution in [0.15, 0.2) is 0 Å². The van der Waals surface area contributed by atoms with Gasteiger partial charge in [0.2, 0.25) is 0 Å². The monoisotopic (exact) mass is 296 g/mol. The molecule has 7 heteroatoms. The molecule has 4 N–H and O–H groups in total. The number of H-pyrrole nitrogens is 1. The molecule has 1 amide bonds. The van der Waals surface area contributed by atoms with Crippen LogP contribution in [-0.2, 0) is 4.74 Å². The molecule has 1 aliphatic heterocycles. The van der Waals surface area contributed by atoms with Gasteiger partial charge in [-0.3, -0.25) is 9.89 Å². The Labute approximate surface area is 124 Å². The number of hydrogen-bond acceptors (Lipinski definition) is 5. The largest absolute Gasteiger partial charge is 0.395 e. The SMILES string of the molecule is CC(C)c1[nH]nc(C(=O)N(C)CC2(O)CCOCC2)c1N. The topological polar surface area (TPSA) is 104 Å². The first-order valence-electron chi connectivity index (χ1n) is 7.23. The molecule has 118 valence electrons. The summed E-state index contributed by atoms with van der Waals surface area (Å²) in [7, 11) is 1.65. The fourth-order valence-electron chi connectivity index (χ4n) is 2.57. The molecule has 2 heterocycles. The van der Waals surface area contributed by atoms with Gasteiger partial charge >= 0.3 is 0 Å². The second-order valence-corrected chi connectivity index (χ2v) is 6.05. The van der Waals surface area contributed by atoms with Gasteiger partial charge < -0.3 is 20.5 Å². The maximum absolute atomic E-state index is 12.4. The van der Waals surface area contributed by atoms with Crippen molar-refractivity contribution in [1.29, 1.82) is 0 Å². The van der Waals surface area contributed by atoms with Crippen LogP contribution in [0.25, 0.3) is 0 Å². The summed E-state index contributed by atoms with van der Waals surface area (Å²) in [4.78, 5) is 13.9. The zero-order chi connectivity index (χ0) is 15.6. The highest BCUT2D eigenvalue weighted by Crippen LogP contribution is 2.25. The highest BCUT2D eigenvalue weighted by Gasteiger charge is 2.33. The van der Waals surface area contributed by atoms with Crippen molar-refractivity contribution < 1.29 is 14.6 Å². The van der Waals surface area contributed by atoms with E-state index in [0.717, 1.165) is 5.69 Å². The molecule has 1 aliphatic rings. The highest BCUT2D eigenvalue weighted by atomic mass is 16.5. The van der Waals surface area contributed by atoms with E-state index in [1.807, 2.05) is 13.8 Å². The predicted octanol–water partition coefficient (Wildman–Crippen LogP) is 0.729. The van der Waals surface area contributed by atoms with E-state index in [0.29, 0.717) is 31.7 Å². The van der Waals surface area contributed by atoms with Crippen LogP contribution in [0.4, 0.5) is 5.69 Å². The molecule has 2 rings (SSSR count). The molecule has 0 saturated carbocycles. The second kappa shape index (κ2) is 6.03. The molecule has 0 spiro atoms. The molecule has 0 unspecified atom stereocenters. The van der Waals surface area contributed by atoms with Crippen LogP contribution in [0.1, 0.15) is 48.8 Å². The Balaban J connectivity index is 2.09. The minimum atomic E-state index is -0.894. The Kier molecular flexibility index (Phi) is 4.53. The van der Waals surface area contributed by atoms with Crippen molar-refractivity contribution in [3.05, 3.63) is 11.4 Å². The number of hydrogen-bond donors (Lipinski definition) is 3. The number of rotatable bonds is 4. The maximum atomic E-state index is 12.4. The summed E-state index contributed by atoms with van der Waals surface area (Å²) in [6.45, 7) is 5.23. The summed E-state index contributed by atoms with van der Waals surface area (Å²) in [5.41, 5.74) is 6.46. The van der Waals surface area contributed by atoms with Crippen LogP contribution in [0.5, 0.6) is 0 Å². The Morgan fingerprint density at radius 1 is 1.52 bits per heavy atom. The van der Waals surface area contributed by atoms with Crippen LogP contribution < -0.4 is 5.73 Å². The number of nitrogens with one attached hydrogen (secondary N) is 1. The van der Waals surface area contributed by atoms with Gasteiger partial charge in [0, 0.05) is 39.6 Å². The fourth-order valence-corrected chi connectivity index (χ4v) is 2.57. The summed E-state index contributed by atoms with van der Waals surface area (Å²) >= 11 is 0. The van der Waals surface area contributed by atoms with Crippen LogP contribution in [-0.4, -0.2) is 58.5 Å². The van der Waals surface area contributed by atoms with Crippen molar-refractivity contribution >= 4 is 11.6 Å². The fraction of sp³-hybridized carbons (Fsp3) is 0.714. The van der Waals surface area contributed by atoms with E-state index in [1.165, 1.54) is 4.90 Å². The van der Waals surface area contributed by atoms with Crippen molar-refractivity contribution in [3.63, 3.8) is 0 Å². The van der Waals surface area contributed by atoms with Crippen molar-refractivity contribution in [2.24, 2.45) is 0 Å². The van der Waals surface area contributed by atoms with Crippen LogP contribution in [0, 0.1) is 0 Å². The number of carbonyl (C=O) groups is 1. The van der Waals surface area contributed by atoms with E-state index >= 15 is 0 Å². The smallest absolute Gasteiger partial charge is 0.276 e. The van der Waals surface area contributed by atoms with Crippen molar-refractivity contribution in [3.8, 4) is 0 Å². The molecule has 0 radical (unpaired) electrons. The standard InChI is InChI=1S/C14H24N4O3/c1-9(2)11-10(15)12(17-16-11)13(19)18(3)8-14(20)4-6-21-7-5-14/h9,20H,4-8,15H2,1-3H3,(H,16,17). The third-order valence-corrected chi connectivity index (χ3v) is 3.92. The van der Waals surface area contributed by atoms with E-state index in [9.17, 15) is 9.90 Å². The number of amides is 1. The van der Waals surface area contributed by atoms with Gasteiger partial charge in [-0.15, -0.1) is 0 Å². The number of anilines is 1. The molecule has 1 saturated heterocycles. The minimum Gasteiger partial charge on any atom is -0.395 e. The molecule has 0 bridgehead atoms. The number of likely N-dealkylation sites (N-methyl/N-ethyl adjacent to an activating group) is 1. The lowest BCUT2D eigenvalue weighted by Gasteiger charge is -2.35. The van der Waals surface area contributed by atoms with Gasteiger partial charge in [-0.2, -0.15) is 5.10 Å². The molecule has 1 aromatic rings. The number of carbonyl (C=O) groups excluding carboxylic acids is 1. The van der Waals surface area contributed by atoms with Crippen LogP contribution in [0.3, 0.4) is 0 Å². The van der Waals surface area contributed by atoms with Gasteiger partial charge in [0.15, 0.2) is 5.69 Å². The number of nitrogens with two attached hydrogens (primary N) is 1. The van der Waals surface area contributed by atoms with Gasteiger partial charge in [0.05, 0.1) is 17.0 Å². The van der Waals surface area contributed by atoms with Gasteiger partial charge in [0.1, 0.15) is 0 Å². The van der Waals surface area contributed by atoms with Gasteiger partial charge in [-0.05, 0) is 5.92 Å². The van der Waals surface area contributed by atoms with Crippen molar-refractivity contribution in [2.45, 2.75) is 38.2 Å². The van der Waals surface area contributed by atoms with E-state index in [2.05, 4.69) is 10.2 Å². The number of ether oxygens (including phenoxy) is 1. The lowest BCUT2D eigenvalue weighted by atomic mass is 9.94. The quantitative estimate of drug-likeness (QED) is 0.759. The first-order valence-corrected chi connectivity index (χ1v) is 7.23. The van der Waals surface area contributed by atoms with E-state index in [1.54, 1.807) is 7.05 Å². The maximum Gasteiger partial charge on any atom is 0.276 e. The van der Waals surface area contributed by atoms with Gasteiger partial charge in [-0.25, -0.2) is 0 Å². The number of aromatic nitrogens is 2. The molecule has 0 aromatic carbocycles. The zero-order valence-corrected chi connectivity index (χ0v) is 12.8. The summed E-state index contributed by atoms with van der Waals surface area (Å²) in [5.74, 6) is -0.111. The van der Waals surface area contributed by atoms with Crippen molar-refractivity contribution in [2.75, 3.05) is 32.5 Å². The third-order valence-electron chi connectivity index (χ3n) is 3.92. The first-order chi connectivity index (χ1) is 9.84. The average molecular weight is 296 g/mol. The lowest BCUT2D eigenvalue weighted by molar-refractivity contribution is -0.0734. The average Bonchev–Trinajstić information content (AvgIpc) is 2.80. The van der Waals surface area contributed by atoms with E-state index in [-0.39, 0.29) is 24.1 Å². The molecular formula is C14H24N4O3. The number of aromatic amines is 1. The zero-order valence-electron chi connectivity index (χ0n) is 12.8. The normalized spacial score (nSPS) is 18.0. The van der Waals surface area contributed by atoms with Gasteiger partial charge in [0.25, 0.3) is 5.91 Å². The molecule has 7 nitrogen and oxygen atoms in total. The highest BCUT2D eigenvalue weighted by molar-refractivity contribution is 5.97.